The Labute approximate surface area is 140 Å². The van der Waals surface area contributed by atoms with Crippen LogP contribution in [0.1, 0.15) is 17.4 Å². The van der Waals surface area contributed by atoms with Gasteiger partial charge in [0.15, 0.2) is 6.29 Å². The van der Waals surface area contributed by atoms with Crippen molar-refractivity contribution in [1.82, 2.24) is 9.97 Å². The highest BCUT2D eigenvalue weighted by atomic mass is 35.5. The zero-order chi connectivity index (χ0) is 16.0. The lowest BCUT2D eigenvalue weighted by molar-refractivity contribution is -0.0425. The van der Waals surface area contributed by atoms with E-state index in [9.17, 15) is 0 Å². The molecule has 0 fully saturated rings. The van der Waals surface area contributed by atoms with Crippen molar-refractivity contribution in [3.63, 3.8) is 0 Å². The van der Waals surface area contributed by atoms with Crippen LogP contribution >= 0.6 is 46.4 Å². The molecule has 2 aromatic heterocycles. The third kappa shape index (κ3) is 6.76. The van der Waals surface area contributed by atoms with Crippen LogP contribution in [0.4, 0.5) is 0 Å². The van der Waals surface area contributed by atoms with E-state index in [1.807, 2.05) is 0 Å². The predicted molar refractivity (Wildman–Crippen MR) is 81.6 cm³/mol. The molecule has 21 heavy (non-hydrogen) atoms. The van der Waals surface area contributed by atoms with Crippen LogP contribution in [0.3, 0.4) is 0 Å². The molecule has 0 amide bonds. The number of aliphatic hydroxyl groups excluding tert-OH is 2. The number of nitrogens with zero attached hydrogens (tertiary/aromatic N) is 2. The van der Waals surface area contributed by atoms with Crippen molar-refractivity contribution in [3.8, 4) is 0 Å². The van der Waals surface area contributed by atoms with Crippen molar-refractivity contribution in [2.24, 2.45) is 0 Å². The van der Waals surface area contributed by atoms with Crippen LogP contribution in [0.5, 0.6) is 0 Å². The molecule has 5 nitrogen and oxygen atoms in total. The normalized spacial score (nSPS) is 10.3. The van der Waals surface area contributed by atoms with Gasteiger partial charge in [0.25, 0.3) is 0 Å². The third-order valence-corrected chi connectivity index (χ3v) is 2.86. The Morgan fingerprint density at radius 1 is 0.810 bits per heavy atom. The molecular weight excluding hydrogens is 362 g/mol. The molecule has 0 spiro atoms. The molecule has 0 aromatic carbocycles. The van der Waals surface area contributed by atoms with Crippen LogP contribution in [0.15, 0.2) is 24.3 Å². The standard InChI is InChI=1S/C6H5Cl2NO2.C6H5Cl2NO/c7-4-1-3(6(10)11)2-5(8)9-4;7-5-1-4(3-10)2-6(8)9-5/h1-2,6,10-11H;1-2,10H,3H2. The van der Waals surface area contributed by atoms with Crippen molar-refractivity contribution in [2.45, 2.75) is 12.9 Å². The van der Waals surface area contributed by atoms with Crippen LogP contribution in [0, 0.1) is 0 Å². The summed E-state index contributed by atoms with van der Waals surface area (Å²) in [5, 5.41) is 26.9. The highest BCUT2D eigenvalue weighted by Gasteiger charge is 2.05. The lowest BCUT2D eigenvalue weighted by atomic mass is 10.3. The highest BCUT2D eigenvalue weighted by Crippen LogP contribution is 2.18. The summed E-state index contributed by atoms with van der Waals surface area (Å²) in [7, 11) is 0. The second-order valence-corrected chi connectivity index (χ2v) is 5.25. The maximum atomic E-state index is 8.68. The Morgan fingerprint density at radius 3 is 1.52 bits per heavy atom. The Hall–Kier alpha value is -0.660. The van der Waals surface area contributed by atoms with E-state index in [2.05, 4.69) is 9.97 Å². The second kappa shape index (κ2) is 8.70. The summed E-state index contributed by atoms with van der Waals surface area (Å²) in [4.78, 5) is 7.33. The molecule has 114 valence electrons. The second-order valence-electron chi connectivity index (χ2n) is 3.70. The van der Waals surface area contributed by atoms with E-state index in [0.29, 0.717) is 15.9 Å². The minimum atomic E-state index is -1.56. The lowest BCUT2D eigenvalue weighted by Gasteiger charge is -2.03. The zero-order valence-electron chi connectivity index (χ0n) is 10.3. The van der Waals surface area contributed by atoms with Gasteiger partial charge in [0.1, 0.15) is 20.6 Å². The average Bonchev–Trinajstić information content (AvgIpc) is 2.37. The SMILES string of the molecule is OC(O)c1cc(Cl)nc(Cl)c1.OCc1cc(Cl)nc(Cl)c1. The Bertz CT molecular complexity index is 571. The van der Waals surface area contributed by atoms with Gasteiger partial charge in [-0.3, -0.25) is 0 Å². The van der Waals surface area contributed by atoms with Crippen LogP contribution in [-0.2, 0) is 6.61 Å². The van der Waals surface area contributed by atoms with E-state index in [1.54, 1.807) is 12.1 Å². The summed E-state index contributed by atoms with van der Waals surface area (Å²) in [5.74, 6) is 0. The smallest absolute Gasteiger partial charge is 0.178 e. The molecule has 0 aliphatic rings. The number of hydrogen-bond acceptors (Lipinski definition) is 5. The molecule has 9 heteroatoms. The molecule has 0 atom stereocenters. The minimum absolute atomic E-state index is 0.0675. The predicted octanol–water partition coefficient (Wildman–Crippen LogP) is 3.25. The first-order chi connectivity index (χ1) is 9.81. The van der Waals surface area contributed by atoms with Gasteiger partial charge in [-0.05, 0) is 29.8 Å². The van der Waals surface area contributed by atoms with E-state index in [4.69, 9.17) is 61.7 Å². The molecule has 2 heterocycles. The Morgan fingerprint density at radius 2 is 1.19 bits per heavy atom. The largest absolute Gasteiger partial charge is 0.392 e. The molecule has 0 bridgehead atoms. The number of aromatic nitrogens is 2. The fourth-order valence-electron chi connectivity index (χ4n) is 1.24. The van der Waals surface area contributed by atoms with Gasteiger partial charge in [-0.25, -0.2) is 9.97 Å². The summed E-state index contributed by atoms with van der Waals surface area (Å²) in [5.41, 5.74) is 0.903. The van der Waals surface area contributed by atoms with Gasteiger partial charge >= 0.3 is 0 Å². The molecule has 0 aliphatic carbocycles. The van der Waals surface area contributed by atoms with Crippen molar-refractivity contribution >= 4 is 46.4 Å². The summed E-state index contributed by atoms with van der Waals surface area (Å²) in [6, 6.07) is 5.79. The quantitative estimate of drug-likeness (QED) is 0.557. The van der Waals surface area contributed by atoms with Crippen LogP contribution in [0.25, 0.3) is 0 Å². The molecule has 0 radical (unpaired) electrons. The molecular formula is C12H10Cl4N2O3. The molecule has 3 N–H and O–H groups in total. The number of halogens is 4. The van der Waals surface area contributed by atoms with E-state index in [-0.39, 0.29) is 22.5 Å². The van der Waals surface area contributed by atoms with Crippen LogP contribution in [0.2, 0.25) is 20.6 Å². The highest BCUT2D eigenvalue weighted by molar-refractivity contribution is 6.33. The van der Waals surface area contributed by atoms with Gasteiger partial charge in [-0.1, -0.05) is 46.4 Å². The van der Waals surface area contributed by atoms with Gasteiger partial charge in [0, 0.05) is 5.56 Å². The van der Waals surface area contributed by atoms with E-state index in [1.165, 1.54) is 12.1 Å². The van der Waals surface area contributed by atoms with Gasteiger partial charge in [-0.2, -0.15) is 0 Å². The number of rotatable bonds is 2. The monoisotopic (exact) mass is 370 g/mol. The Balaban J connectivity index is 0.000000211. The van der Waals surface area contributed by atoms with Crippen molar-refractivity contribution in [2.75, 3.05) is 0 Å². The first-order valence-corrected chi connectivity index (χ1v) is 6.95. The lowest BCUT2D eigenvalue weighted by Crippen LogP contribution is -1.95. The topological polar surface area (TPSA) is 86.5 Å². The average molecular weight is 372 g/mol. The van der Waals surface area contributed by atoms with Crippen molar-refractivity contribution in [3.05, 3.63) is 56.0 Å². The number of hydrogen-bond donors (Lipinski definition) is 3. The van der Waals surface area contributed by atoms with Gasteiger partial charge in [-0.15, -0.1) is 0 Å². The van der Waals surface area contributed by atoms with Crippen molar-refractivity contribution in [1.29, 1.82) is 0 Å². The molecule has 0 saturated heterocycles. The fraction of sp³-hybridized carbons (Fsp3) is 0.167. The molecule has 0 aliphatic heterocycles. The van der Waals surface area contributed by atoms with Crippen LogP contribution < -0.4 is 0 Å². The minimum Gasteiger partial charge on any atom is -0.392 e. The Kier molecular flexibility index (Phi) is 7.62. The molecule has 0 saturated carbocycles. The van der Waals surface area contributed by atoms with Crippen LogP contribution in [-0.4, -0.2) is 25.3 Å². The number of pyridine rings is 2. The fourth-order valence-corrected chi connectivity index (χ4v) is 2.22. The summed E-state index contributed by atoms with van der Waals surface area (Å²) in [6.07, 6.45) is -1.56. The van der Waals surface area contributed by atoms with Crippen molar-refractivity contribution < 1.29 is 15.3 Å². The van der Waals surface area contributed by atoms with Gasteiger partial charge < -0.3 is 15.3 Å². The maximum Gasteiger partial charge on any atom is 0.178 e. The zero-order valence-corrected chi connectivity index (χ0v) is 13.4. The van der Waals surface area contributed by atoms with E-state index in [0.717, 1.165) is 0 Å². The van der Waals surface area contributed by atoms with Gasteiger partial charge in [0.2, 0.25) is 0 Å². The molecule has 0 unspecified atom stereocenters. The first kappa shape index (κ1) is 18.4. The molecule has 2 aromatic rings. The summed E-state index contributed by atoms with van der Waals surface area (Å²) in [6.45, 7) is -0.0675. The molecule has 2 rings (SSSR count). The van der Waals surface area contributed by atoms with E-state index < -0.39 is 6.29 Å². The number of aliphatic hydroxyl groups is 3. The third-order valence-electron chi connectivity index (χ3n) is 2.09. The van der Waals surface area contributed by atoms with E-state index >= 15 is 0 Å². The summed E-state index contributed by atoms with van der Waals surface area (Å²) < 4.78 is 0. The van der Waals surface area contributed by atoms with Gasteiger partial charge in [0.05, 0.1) is 6.61 Å². The first-order valence-electron chi connectivity index (χ1n) is 5.43. The maximum absolute atomic E-state index is 8.68. The summed E-state index contributed by atoms with van der Waals surface area (Å²) >= 11 is 22.0.